The molecule has 0 N–H and O–H groups in total. The highest BCUT2D eigenvalue weighted by atomic mass is 79.9. The Hall–Kier alpha value is -4.24. The van der Waals surface area contributed by atoms with Gasteiger partial charge in [0.15, 0.2) is 0 Å². The zero-order valence-electron chi connectivity index (χ0n) is 23.7. The first-order chi connectivity index (χ1) is 19.6. The molecule has 208 valence electrons. The topological polar surface area (TPSA) is 78.0 Å². The largest absolute Gasteiger partial charge is 0.357 e. The molecule has 0 saturated carbocycles. The van der Waals surface area contributed by atoms with Crippen LogP contribution in [0.1, 0.15) is 45.5 Å². The van der Waals surface area contributed by atoms with E-state index in [2.05, 4.69) is 33.3 Å². The summed E-state index contributed by atoms with van der Waals surface area (Å²) in [4.78, 5) is 34.7. The Balaban J connectivity index is 1.46. The molecule has 1 amide bonds. The summed E-state index contributed by atoms with van der Waals surface area (Å²) in [6.07, 6.45) is 4.49. The Morgan fingerprint density at radius 1 is 1.00 bits per heavy atom. The highest BCUT2D eigenvalue weighted by Crippen LogP contribution is 2.27. The van der Waals surface area contributed by atoms with Crippen LogP contribution in [0, 0.1) is 20.8 Å². The molecule has 3 aromatic heterocycles. The molecule has 0 fully saturated rings. The van der Waals surface area contributed by atoms with Crippen molar-refractivity contribution >= 4 is 21.8 Å². The van der Waals surface area contributed by atoms with Crippen LogP contribution in [0.3, 0.4) is 0 Å². The predicted octanol–water partition coefficient (Wildman–Crippen LogP) is 5.70. The Labute approximate surface area is 247 Å². The molecule has 1 aliphatic rings. The lowest BCUT2D eigenvalue weighted by atomic mass is 9.98. The summed E-state index contributed by atoms with van der Waals surface area (Å²) < 4.78 is 6.33. The van der Waals surface area contributed by atoms with Crippen LogP contribution in [0.4, 0.5) is 0 Å². The maximum atomic E-state index is 14.2. The molecule has 6 rings (SSSR count). The van der Waals surface area contributed by atoms with E-state index < -0.39 is 0 Å². The minimum Gasteiger partial charge on any atom is -0.357 e. The number of aromatic nitrogens is 5. The maximum absolute atomic E-state index is 14.2. The van der Waals surface area contributed by atoms with Gasteiger partial charge in [-0.3, -0.25) is 9.59 Å². The van der Waals surface area contributed by atoms with Gasteiger partial charge in [-0.15, -0.1) is 0 Å². The first-order valence-electron chi connectivity index (χ1n) is 13.6. The third kappa shape index (κ3) is 4.84. The third-order valence-electron chi connectivity index (χ3n) is 7.75. The summed E-state index contributed by atoms with van der Waals surface area (Å²) in [5.74, 6) is 0.335. The van der Waals surface area contributed by atoms with Crippen molar-refractivity contribution < 1.29 is 4.79 Å². The number of benzene rings is 2. The molecule has 0 bridgehead atoms. The normalized spacial score (nSPS) is 14.8. The van der Waals surface area contributed by atoms with Gasteiger partial charge in [0.05, 0.1) is 23.6 Å². The maximum Gasteiger partial charge on any atom is 0.263 e. The third-order valence-corrected chi connectivity index (χ3v) is 8.64. The number of carbonyl (C=O) groups excluding carboxylic acids is 1. The molecule has 0 aliphatic carbocycles. The number of hydrogen-bond acceptors (Lipinski definition) is 4. The van der Waals surface area contributed by atoms with Gasteiger partial charge in [-0.05, 0) is 93.3 Å². The average molecular weight is 612 g/mol. The predicted molar refractivity (Wildman–Crippen MR) is 163 cm³/mol. The van der Waals surface area contributed by atoms with Crippen LogP contribution in [0.5, 0.6) is 0 Å². The summed E-state index contributed by atoms with van der Waals surface area (Å²) in [7, 11) is 1.99. The van der Waals surface area contributed by atoms with Gasteiger partial charge in [0.1, 0.15) is 0 Å². The molecule has 1 unspecified atom stereocenters. The fraction of sp³-hybridized carbons (Fsp3) is 0.250. The number of amides is 1. The smallest absolute Gasteiger partial charge is 0.263 e. The molecule has 0 saturated heterocycles. The van der Waals surface area contributed by atoms with Crippen LogP contribution < -0.4 is 5.56 Å². The monoisotopic (exact) mass is 610 g/mol. The average Bonchev–Trinajstić information content (AvgIpc) is 3.53. The molecule has 1 atom stereocenters. The molecule has 0 spiro atoms. The van der Waals surface area contributed by atoms with Crippen molar-refractivity contribution in [1.29, 1.82) is 0 Å². The van der Waals surface area contributed by atoms with Crippen LogP contribution >= 0.6 is 15.9 Å². The number of hydrogen-bond donors (Lipinski definition) is 0. The molecule has 41 heavy (non-hydrogen) atoms. The number of carbonyl (C=O) groups is 1. The van der Waals surface area contributed by atoms with Crippen LogP contribution in [0.2, 0.25) is 0 Å². The number of nitrogens with zero attached hydrogens (tertiary/aromatic N) is 6. The van der Waals surface area contributed by atoms with Crippen molar-refractivity contribution in [1.82, 2.24) is 28.8 Å². The SMILES string of the molecule is Cc1cc(C)n(-c2nc3c(c(=O)n2-c2ccc(-c4ccn(C)c4)cc2)CC(C)N(C(=O)c2ccc(Br)c(C)c2)C3)n1. The summed E-state index contributed by atoms with van der Waals surface area (Å²) >= 11 is 3.51. The standard InChI is InChI=1S/C32H31BrN6O2/c1-19-14-24(8-11-28(19)33)30(40)37-18-29-27(16-21(37)3)31(41)38(32(34-29)39-22(4)15-20(2)35-39)26-9-6-23(7-10-26)25-12-13-36(5)17-25/h6-15,17,21H,16,18H2,1-5H3. The zero-order chi connectivity index (χ0) is 29.0. The van der Waals surface area contributed by atoms with Crippen LogP contribution in [0.25, 0.3) is 22.8 Å². The van der Waals surface area contributed by atoms with E-state index >= 15 is 0 Å². The van der Waals surface area contributed by atoms with Crippen molar-refractivity contribution in [2.75, 3.05) is 0 Å². The molecule has 5 aromatic rings. The van der Waals surface area contributed by atoms with E-state index in [9.17, 15) is 9.59 Å². The molecule has 1 aliphatic heterocycles. The second kappa shape index (κ2) is 10.3. The van der Waals surface area contributed by atoms with Gasteiger partial charge in [0.2, 0.25) is 5.95 Å². The van der Waals surface area contributed by atoms with E-state index in [-0.39, 0.29) is 24.1 Å². The summed E-state index contributed by atoms with van der Waals surface area (Å²) in [5, 5.41) is 4.67. The lowest BCUT2D eigenvalue weighted by Gasteiger charge is -2.34. The molecule has 0 radical (unpaired) electrons. The minimum absolute atomic E-state index is 0.0751. The van der Waals surface area contributed by atoms with E-state index in [1.807, 2.05) is 94.0 Å². The second-order valence-electron chi connectivity index (χ2n) is 10.9. The molecular weight excluding hydrogens is 580 g/mol. The molecule has 2 aromatic carbocycles. The highest BCUT2D eigenvalue weighted by molar-refractivity contribution is 9.10. The zero-order valence-corrected chi connectivity index (χ0v) is 25.3. The summed E-state index contributed by atoms with van der Waals surface area (Å²) in [6, 6.07) is 17.4. The molecular formula is C32H31BrN6O2. The second-order valence-corrected chi connectivity index (χ2v) is 11.7. The number of fused-ring (bicyclic) bond motifs is 1. The lowest BCUT2D eigenvalue weighted by molar-refractivity contribution is 0.0652. The Kier molecular flexibility index (Phi) is 6.77. The van der Waals surface area contributed by atoms with E-state index in [1.54, 1.807) is 14.1 Å². The lowest BCUT2D eigenvalue weighted by Crippen LogP contribution is -2.46. The highest BCUT2D eigenvalue weighted by Gasteiger charge is 2.32. The van der Waals surface area contributed by atoms with Gasteiger partial charge in [0, 0.05) is 46.8 Å². The van der Waals surface area contributed by atoms with Crippen LogP contribution in [-0.4, -0.2) is 40.7 Å². The van der Waals surface area contributed by atoms with Crippen molar-refractivity contribution in [3.8, 4) is 22.8 Å². The molecule has 8 nitrogen and oxygen atoms in total. The first kappa shape index (κ1) is 27.0. The van der Waals surface area contributed by atoms with Crippen molar-refractivity contribution in [3.63, 3.8) is 0 Å². The fourth-order valence-corrected chi connectivity index (χ4v) is 5.79. The molecule has 9 heteroatoms. The van der Waals surface area contributed by atoms with Crippen LogP contribution in [-0.2, 0) is 20.0 Å². The van der Waals surface area contributed by atoms with Gasteiger partial charge in [-0.1, -0.05) is 28.1 Å². The summed E-state index contributed by atoms with van der Waals surface area (Å²) in [5.41, 5.74) is 7.29. The van der Waals surface area contributed by atoms with Crippen molar-refractivity contribution in [3.05, 3.63) is 116 Å². The van der Waals surface area contributed by atoms with E-state index in [0.717, 1.165) is 32.6 Å². The molecule has 4 heterocycles. The summed E-state index contributed by atoms with van der Waals surface area (Å²) in [6.45, 7) is 8.07. The van der Waals surface area contributed by atoms with E-state index in [0.29, 0.717) is 34.9 Å². The van der Waals surface area contributed by atoms with Crippen molar-refractivity contribution in [2.24, 2.45) is 7.05 Å². The van der Waals surface area contributed by atoms with E-state index in [1.165, 1.54) is 0 Å². The first-order valence-corrected chi connectivity index (χ1v) is 14.4. The number of aryl methyl sites for hydroxylation is 4. The van der Waals surface area contributed by atoms with Gasteiger partial charge >= 0.3 is 0 Å². The van der Waals surface area contributed by atoms with Gasteiger partial charge in [0.25, 0.3) is 11.5 Å². The Morgan fingerprint density at radius 3 is 2.39 bits per heavy atom. The fourth-order valence-electron chi connectivity index (χ4n) is 5.54. The van der Waals surface area contributed by atoms with Gasteiger partial charge in [-0.2, -0.15) is 5.10 Å². The van der Waals surface area contributed by atoms with Crippen molar-refractivity contribution in [2.45, 2.75) is 46.7 Å². The van der Waals surface area contributed by atoms with Gasteiger partial charge < -0.3 is 9.47 Å². The van der Waals surface area contributed by atoms with Gasteiger partial charge in [-0.25, -0.2) is 14.2 Å². The van der Waals surface area contributed by atoms with E-state index in [4.69, 9.17) is 4.98 Å². The number of halogens is 1. The quantitative estimate of drug-likeness (QED) is 0.261. The number of rotatable bonds is 4. The Morgan fingerprint density at radius 2 is 1.76 bits per heavy atom. The Bertz CT molecular complexity index is 1860. The minimum atomic E-state index is -0.165. The van der Waals surface area contributed by atoms with Crippen LogP contribution in [0.15, 0.2) is 76.3 Å².